The van der Waals surface area contributed by atoms with Gasteiger partial charge in [0.15, 0.2) is 28.5 Å². The van der Waals surface area contributed by atoms with Crippen molar-refractivity contribution in [1.29, 1.82) is 0 Å². The van der Waals surface area contributed by atoms with Gasteiger partial charge in [-0.25, -0.2) is 9.97 Å². The van der Waals surface area contributed by atoms with Gasteiger partial charge in [0.25, 0.3) is 0 Å². The van der Waals surface area contributed by atoms with E-state index < -0.39 is 0 Å². The second kappa shape index (κ2) is 51.0. The highest BCUT2D eigenvalue weighted by Gasteiger charge is 2.21. The number of aryl methyl sites for hydroxylation is 3. The number of aliphatic hydroxyl groups excluding tert-OH is 3. The Morgan fingerprint density at radius 3 is 0.953 bits per heavy atom. The molecule has 0 aliphatic rings. The van der Waals surface area contributed by atoms with E-state index in [4.69, 9.17) is 63.3 Å². The van der Waals surface area contributed by atoms with E-state index in [1.165, 1.54) is 0 Å². The molecule has 14 aromatic carbocycles. The fourth-order valence-corrected chi connectivity index (χ4v) is 13.8. The molecule has 0 unspecified atom stereocenters. The molecular formula is C111H110N6O10. The van der Waals surface area contributed by atoms with Crippen LogP contribution in [0, 0.1) is 0 Å². The second-order valence-corrected chi connectivity index (χ2v) is 30.4. The maximum Gasteiger partial charge on any atom is 0.227 e. The van der Waals surface area contributed by atoms with Crippen LogP contribution in [0.15, 0.2) is 382 Å². The highest BCUT2D eigenvalue weighted by Crippen LogP contribution is 2.42. The van der Waals surface area contributed by atoms with E-state index in [1.54, 1.807) is 0 Å². The van der Waals surface area contributed by atoms with Crippen molar-refractivity contribution in [1.82, 2.24) is 19.9 Å². The van der Waals surface area contributed by atoms with Crippen LogP contribution in [0.5, 0.6) is 40.2 Å². The number of rotatable bonds is 41. The third kappa shape index (κ3) is 30.2. The molecule has 16 heteroatoms. The number of nitrogens with one attached hydrogen (secondary N) is 2. The Kier molecular flexibility index (Phi) is 36.3. The molecule has 0 spiro atoms. The van der Waals surface area contributed by atoms with Gasteiger partial charge in [0.1, 0.15) is 69.2 Å². The normalized spacial score (nSPS) is 10.7. The lowest BCUT2D eigenvalue weighted by atomic mass is 10.0. The minimum absolute atomic E-state index is 0.187. The Hall–Kier alpha value is -14.4. The first-order valence-corrected chi connectivity index (χ1v) is 43.5. The smallest absolute Gasteiger partial charge is 0.227 e. The van der Waals surface area contributed by atoms with Crippen molar-refractivity contribution in [2.24, 2.45) is 0 Å². The summed E-state index contributed by atoms with van der Waals surface area (Å²) >= 11 is 0. The summed E-state index contributed by atoms with van der Waals surface area (Å²) < 4.78 is 43.0. The van der Waals surface area contributed by atoms with Crippen molar-refractivity contribution in [3.05, 3.63) is 449 Å². The van der Waals surface area contributed by atoms with Crippen LogP contribution in [0.25, 0.3) is 33.7 Å². The summed E-state index contributed by atoms with van der Waals surface area (Å²) in [6, 6.07) is 128. The molecule has 0 radical (unpaired) electrons. The summed E-state index contributed by atoms with van der Waals surface area (Å²) in [7, 11) is 0. The van der Waals surface area contributed by atoms with E-state index in [1.807, 2.05) is 279 Å². The van der Waals surface area contributed by atoms with Gasteiger partial charge in [-0.2, -0.15) is 9.97 Å². The van der Waals surface area contributed by atoms with Gasteiger partial charge >= 0.3 is 0 Å². The number of hydrogen-bond donors (Lipinski definition) is 5. The van der Waals surface area contributed by atoms with Crippen LogP contribution in [-0.2, 0) is 78.6 Å². The Morgan fingerprint density at radius 1 is 0.236 bits per heavy atom. The molecule has 16 rings (SSSR count). The first-order chi connectivity index (χ1) is 62.8. The Balaban J connectivity index is 0.000000147. The average molecular weight is 1690 g/mol. The van der Waals surface area contributed by atoms with Gasteiger partial charge in [0.05, 0.1) is 11.4 Å². The molecule has 0 saturated heterocycles. The minimum atomic E-state index is 0.187. The molecule has 2 heterocycles. The third-order valence-electron chi connectivity index (χ3n) is 20.6. The van der Waals surface area contributed by atoms with Gasteiger partial charge in [-0.05, 0) is 155 Å². The van der Waals surface area contributed by atoms with E-state index >= 15 is 0 Å². The van der Waals surface area contributed by atoms with Crippen LogP contribution in [0.3, 0.4) is 0 Å². The monoisotopic (exact) mass is 1690 g/mol. The molecule has 2 aromatic heterocycles. The largest absolute Gasteiger partial charge is 0.489 e. The van der Waals surface area contributed by atoms with Crippen LogP contribution in [0.4, 0.5) is 11.8 Å². The zero-order chi connectivity index (χ0) is 87.2. The first-order valence-electron chi connectivity index (χ1n) is 43.5. The fourth-order valence-electron chi connectivity index (χ4n) is 13.8. The summed E-state index contributed by atoms with van der Waals surface area (Å²) in [5.41, 5.74) is 18.2. The maximum atomic E-state index is 9.23. The summed E-state index contributed by atoms with van der Waals surface area (Å²) in [6.45, 7) is 5.22. The molecule has 0 amide bonds. The summed E-state index contributed by atoms with van der Waals surface area (Å²) in [5, 5.41) is 34.1. The standard InChI is InChI=1S/C32H26N6.C31H32O4.2C24H26O3/c1-5-13-23(14-6-1)21-33-30-29-31(38-32(37-30)34-22-24-15-7-2-8-16-24)36-28(26-19-11-4-12-20-26)27(35-29)25-17-9-3-10-18-25;32-19-11-10-18-28-20-29(33-22-25-12-4-1-5-13-25)31(35-24-27-16-8-3-9-17-27)30(21-28)34-23-26-14-6-2-7-15-26;25-16-8-7-13-22-14-15-23(26-18-20-9-3-1-4-10-20)17-24(22)27-19-21-11-5-2-6-12-21;25-14-8-7-13-22-15-23(26-18-20-9-3-1-4-10-20)17-24(16-22)27-19-21-11-5-2-6-12-21/h1-20H,21-22H2,(H2,33,34,36,37,38);1-9,12-17,20-21,32H,10-11,18-19,22-24H2;1-6,9-12,14-15,17,25H,7-8,13,16,18-19H2;1-6,9-12,15-17,25H,7-8,13-14,18-19H2. The SMILES string of the molecule is OCCCCc1cc(OCc2ccccc2)c(OCc2ccccc2)c(OCc2ccccc2)c1.OCCCCc1cc(OCc2ccccc2)cc(OCc2ccccc2)c1.OCCCCc1ccc(OCc2ccccc2)cc1OCc1ccccc1.c1ccc(CNc2nc(NCc3ccccc3)c3nc(-c4ccccc4)c(-c4ccccc4)nc3n2)cc1. The van der Waals surface area contributed by atoms with Crippen molar-refractivity contribution in [2.75, 3.05) is 30.5 Å². The number of unbranched alkanes of at least 4 members (excludes halogenated alkanes) is 3. The number of anilines is 2. The maximum absolute atomic E-state index is 9.23. The number of nitrogens with zero attached hydrogens (tertiary/aromatic N) is 4. The van der Waals surface area contributed by atoms with Gasteiger partial charge < -0.3 is 59.1 Å². The molecule has 644 valence electrons. The number of aromatic nitrogens is 4. The van der Waals surface area contributed by atoms with E-state index in [0.717, 1.165) is 170 Å². The molecule has 5 N–H and O–H groups in total. The van der Waals surface area contributed by atoms with E-state index in [0.29, 0.717) is 99.5 Å². The Labute approximate surface area is 746 Å². The Morgan fingerprint density at radius 2 is 0.559 bits per heavy atom. The van der Waals surface area contributed by atoms with Gasteiger partial charge in [-0.1, -0.05) is 340 Å². The van der Waals surface area contributed by atoms with Crippen LogP contribution < -0.4 is 43.8 Å². The number of ether oxygens (including phenoxy) is 7. The predicted octanol–water partition coefficient (Wildman–Crippen LogP) is 24.0. The quantitative estimate of drug-likeness (QED) is 0.0226. The van der Waals surface area contributed by atoms with Gasteiger partial charge in [-0.3, -0.25) is 0 Å². The topological polar surface area (TPSA) is 201 Å². The molecule has 0 bridgehead atoms. The second-order valence-electron chi connectivity index (χ2n) is 30.4. The van der Waals surface area contributed by atoms with Crippen molar-refractivity contribution in [3.63, 3.8) is 0 Å². The molecule has 16 aromatic rings. The van der Waals surface area contributed by atoms with Gasteiger partial charge in [-0.15, -0.1) is 0 Å². The fraction of sp³-hybridized carbons (Fsp3) is 0.189. The number of fused-ring (bicyclic) bond motifs is 1. The third-order valence-corrected chi connectivity index (χ3v) is 20.6. The minimum Gasteiger partial charge on any atom is -0.489 e. The van der Waals surface area contributed by atoms with Crippen LogP contribution in [0.1, 0.15) is 105 Å². The van der Waals surface area contributed by atoms with E-state index in [-0.39, 0.29) is 19.8 Å². The van der Waals surface area contributed by atoms with Crippen molar-refractivity contribution in [2.45, 2.75) is 117 Å². The highest BCUT2D eigenvalue weighted by molar-refractivity contribution is 5.90. The molecule has 16 nitrogen and oxygen atoms in total. The zero-order valence-corrected chi connectivity index (χ0v) is 71.7. The lowest BCUT2D eigenvalue weighted by Gasteiger charge is -2.19. The summed E-state index contributed by atoms with van der Waals surface area (Å²) in [4.78, 5) is 19.8. The number of aliphatic hydroxyl groups is 3. The lowest BCUT2D eigenvalue weighted by Crippen LogP contribution is -2.10. The van der Waals surface area contributed by atoms with Crippen LogP contribution >= 0.6 is 0 Å². The molecule has 0 saturated carbocycles. The first kappa shape index (κ1) is 90.3. The molecule has 0 aliphatic heterocycles. The van der Waals surface area contributed by atoms with Crippen molar-refractivity contribution in [3.8, 4) is 62.8 Å². The Bertz CT molecular complexity index is 5690. The zero-order valence-electron chi connectivity index (χ0n) is 71.7. The lowest BCUT2D eigenvalue weighted by molar-refractivity contribution is 0.229. The van der Waals surface area contributed by atoms with E-state index in [9.17, 15) is 5.11 Å². The molecular weight excluding hydrogens is 1580 g/mol. The van der Waals surface area contributed by atoms with Gasteiger partial charge in [0.2, 0.25) is 11.7 Å². The van der Waals surface area contributed by atoms with E-state index in [2.05, 4.69) is 114 Å². The van der Waals surface area contributed by atoms with Crippen LogP contribution in [-0.4, -0.2) is 55.1 Å². The highest BCUT2D eigenvalue weighted by atomic mass is 16.5. The van der Waals surface area contributed by atoms with Crippen LogP contribution in [0.2, 0.25) is 0 Å². The molecule has 0 fully saturated rings. The molecule has 127 heavy (non-hydrogen) atoms. The van der Waals surface area contributed by atoms with Crippen molar-refractivity contribution >= 4 is 22.9 Å². The average Bonchev–Trinajstić information content (AvgIpc) is 0.764. The summed E-state index contributed by atoms with van der Waals surface area (Å²) in [6.07, 6.45) is 7.71. The predicted molar refractivity (Wildman–Crippen MR) is 508 cm³/mol. The molecule has 0 aliphatic carbocycles. The number of benzene rings is 14. The number of hydrogen-bond acceptors (Lipinski definition) is 16. The van der Waals surface area contributed by atoms with Gasteiger partial charge in [0, 0.05) is 56.2 Å². The van der Waals surface area contributed by atoms with Crippen molar-refractivity contribution < 1.29 is 48.5 Å². The summed E-state index contributed by atoms with van der Waals surface area (Å²) in [5.74, 6) is 6.33. The molecule has 0 atom stereocenters.